The molecular weight excluding hydrogens is 232 g/mol. The van der Waals surface area contributed by atoms with Crippen LogP contribution in [0, 0.1) is 0 Å². The third kappa shape index (κ3) is 3.27. The van der Waals surface area contributed by atoms with Crippen molar-refractivity contribution < 1.29 is 14.0 Å². The fourth-order valence-corrected chi connectivity index (χ4v) is 1.26. The molecule has 0 fully saturated rings. The number of amides is 2. The molecular formula is C10H13ClN2O3. The van der Waals surface area contributed by atoms with Crippen molar-refractivity contribution in [2.75, 3.05) is 20.6 Å². The van der Waals surface area contributed by atoms with E-state index in [1.165, 1.54) is 17.2 Å². The van der Waals surface area contributed by atoms with Crippen LogP contribution >= 0.6 is 11.6 Å². The Balaban J connectivity index is 2.37. The first kappa shape index (κ1) is 12.6. The summed E-state index contributed by atoms with van der Waals surface area (Å²) in [7, 11) is 3.33. The fourth-order valence-electron chi connectivity index (χ4n) is 1.06. The van der Waals surface area contributed by atoms with Gasteiger partial charge in [0.05, 0.1) is 11.8 Å². The van der Waals surface area contributed by atoms with E-state index in [-0.39, 0.29) is 35.6 Å². The van der Waals surface area contributed by atoms with Crippen LogP contribution in [0.1, 0.15) is 16.8 Å². The van der Waals surface area contributed by atoms with Crippen molar-refractivity contribution in [2.45, 2.75) is 6.42 Å². The molecule has 2 amide bonds. The molecule has 1 heterocycles. The second-order valence-corrected chi connectivity index (χ2v) is 3.75. The Labute approximate surface area is 98.4 Å². The van der Waals surface area contributed by atoms with Gasteiger partial charge in [-0.1, -0.05) is 0 Å². The monoisotopic (exact) mass is 244 g/mol. The van der Waals surface area contributed by atoms with Crippen molar-refractivity contribution in [1.82, 2.24) is 10.2 Å². The van der Waals surface area contributed by atoms with E-state index in [0.29, 0.717) is 0 Å². The van der Waals surface area contributed by atoms with Crippen molar-refractivity contribution in [3.05, 3.63) is 23.1 Å². The SMILES string of the molecule is CN(C)C(=O)CCNC(=O)c1ccoc1Cl. The topological polar surface area (TPSA) is 62.6 Å². The molecule has 0 atom stereocenters. The summed E-state index contributed by atoms with van der Waals surface area (Å²) in [6.45, 7) is 0.275. The van der Waals surface area contributed by atoms with Gasteiger partial charge in [-0.05, 0) is 17.7 Å². The van der Waals surface area contributed by atoms with Gasteiger partial charge in [0.15, 0.2) is 0 Å². The molecule has 0 aliphatic heterocycles. The summed E-state index contributed by atoms with van der Waals surface area (Å²) in [4.78, 5) is 24.2. The molecule has 1 aromatic rings. The molecule has 0 saturated heterocycles. The lowest BCUT2D eigenvalue weighted by Gasteiger charge is -2.10. The van der Waals surface area contributed by atoms with Crippen molar-refractivity contribution in [1.29, 1.82) is 0 Å². The van der Waals surface area contributed by atoms with Gasteiger partial charge in [-0.25, -0.2) is 0 Å². The second kappa shape index (κ2) is 5.55. The highest BCUT2D eigenvalue weighted by Gasteiger charge is 2.12. The molecule has 88 valence electrons. The minimum atomic E-state index is -0.342. The van der Waals surface area contributed by atoms with E-state index < -0.39 is 0 Å². The first-order valence-corrected chi connectivity index (χ1v) is 5.11. The molecule has 1 aromatic heterocycles. The molecule has 6 heteroatoms. The third-order valence-corrected chi connectivity index (χ3v) is 2.28. The minimum Gasteiger partial charge on any atom is -0.452 e. The summed E-state index contributed by atoms with van der Waals surface area (Å²) in [6.07, 6.45) is 1.59. The van der Waals surface area contributed by atoms with Crippen molar-refractivity contribution >= 4 is 23.4 Å². The number of halogens is 1. The zero-order valence-corrected chi connectivity index (χ0v) is 9.87. The van der Waals surface area contributed by atoms with E-state index in [2.05, 4.69) is 5.32 Å². The van der Waals surface area contributed by atoms with E-state index in [9.17, 15) is 9.59 Å². The number of nitrogens with zero attached hydrogens (tertiary/aromatic N) is 1. The number of rotatable bonds is 4. The third-order valence-electron chi connectivity index (χ3n) is 1.99. The molecule has 1 N–H and O–H groups in total. The lowest BCUT2D eigenvalue weighted by atomic mass is 10.3. The zero-order valence-electron chi connectivity index (χ0n) is 9.12. The van der Waals surface area contributed by atoms with E-state index >= 15 is 0 Å². The first-order valence-electron chi connectivity index (χ1n) is 4.73. The predicted octanol–water partition coefficient (Wildman–Crippen LogP) is 1.14. The average Bonchev–Trinajstić information content (AvgIpc) is 2.64. The summed E-state index contributed by atoms with van der Waals surface area (Å²) in [6, 6.07) is 1.48. The van der Waals surface area contributed by atoms with Gasteiger partial charge in [0, 0.05) is 27.1 Å². The van der Waals surface area contributed by atoms with Gasteiger partial charge in [0.25, 0.3) is 5.91 Å². The number of hydrogen-bond acceptors (Lipinski definition) is 3. The van der Waals surface area contributed by atoms with Crippen molar-refractivity contribution in [3.63, 3.8) is 0 Å². The summed E-state index contributed by atoms with van der Waals surface area (Å²) in [5.41, 5.74) is 0.277. The standard InChI is InChI=1S/C10H13ClN2O3/c1-13(2)8(14)3-5-12-10(15)7-4-6-16-9(7)11/h4,6H,3,5H2,1-2H3,(H,12,15). The van der Waals surface area contributed by atoms with Gasteiger partial charge >= 0.3 is 0 Å². The Bertz CT molecular complexity index is 387. The largest absolute Gasteiger partial charge is 0.452 e. The highest BCUT2D eigenvalue weighted by atomic mass is 35.5. The summed E-state index contributed by atoms with van der Waals surface area (Å²) >= 11 is 5.62. The quantitative estimate of drug-likeness (QED) is 0.864. The molecule has 16 heavy (non-hydrogen) atoms. The number of hydrogen-bond donors (Lipinski definition) is 1. The van der Waals surface area contributed by atoms with E-state index in [1.807, 2.05) is 0 Å². The maximum absolute atomic E-state index is 11.5. The number of carbonyl (C=O) groups is 2. The van der Waals surface area contributed by atoms with Crippen LogP contribution in [-0.2, 0) is 4.79 Å². The van der Waals surface area contributed by atoms with Crippen LogP contribution in [-0.4, -0.2) is 37.4 Å². The number of carbonyl (C=O) groups excluding carboxylic acids is 2. The summed E-state index contributed by atoms with van der Waals surface area (Å²) in [5, 5.41) is 2.63. The zero-order chi connectivity index (χ0) is 12.1. The Kier molecular flexibility index (Phi) is 4.37. The van der Waals surface area contributed by atoms with Crippen LogP contribution in [0.15, 0.2) is 16.7 Å². The normalized spacial score (nSPS) is 9.94. The summed E-state index contributed by atoms with van der Waals surface area (Å²) < 4.78 is 4.78. The van der Waals surface area contributed by atoms with Crippen LogP contribution in [0.2, 0.25) is 5.22 Å². The maximum Gasteiger partial charge on any atom is 0.256 e. The van der Waals surface area contributed by atoms with E-state index in [0.717, 1.165) is 0 Å². The molecule has 0 aliphatic rings. The lowest BCUT2D eigenvalue weighted by molar-refractivity contribution is -0.128. The number of furan rings is 1. The second-order valence-electron chi connectivity index (χ2n) is 3.40. The first-order chi connectivity index (χ1) is 7.52. The van der Waals surface area contributed by atoms with Gasteiger partial charge in [-0.15, -0.1) is 0 Å². The highest BCUT2D eigenvalue weighted by Crippen LogP contribution is 2.15. The Morgan fingerprint density at radius 3 is 2.69 bits per heavy atom. The Morgan fingerprint density at radius 1 is 1.50 bits per heavy atom. The highest BCUT2D eigenvalue weighted by molar-refractivity contribution is 6.32. The van der Waals surface area contributed by atoms with Gasteiger partial charge < -0.3 is 14.6 Å². The molecule has 0 unspecified atom stereocenters. The maximum atomic E-state index is 11.5. The van der Waals surface area contributed by atoms with Crippen LogP contribution < -0.4 is 5.32 Å². The van der Waals surface area contributed by atoms with Gasteiger partial charge in [0.2, 0.25) is 11.1 Å². The number of nitrogens with one attached hydrogen (secondary N) is 1. The average molecular weight is 245 g/mol. The molecule has 1 rings (SSSR count). The molecule has 0 bridgehead atoms. The van der Waals surface area contributed by atoms with Crippen LogP contribution in [0.25, 0.3) is 0 Å². The van der Waals surface area contributed by atoms with Gasteiger partial charge in [0.1, 0.15) is 0 Å². The molecule has 0 saturated carbocycles. The van der Waals surface area contributed by atoms with Gasteiger partial charge in [-0.3, -0.25) is 9.59 Å². The summed E-state index contributed by atoms with van der Waals surface area (Å²) in [5.74, 6) is -0.385. The van der Waals surface area contributed by atoms with Crippen LogP contribution in [0.5, 0.6) is 0 Å². The smallest absolute Gasteiger partial charge is 0.256 e. The van der Waals surface area contributed by atoms with Crippen molar-refractivity contribution in [3.8, 4) is 0 Å². The van der Waals surface area contributed by atoms with Crippen LogP contribution in [0.3, 0.4) is 0 Å². The minimum absolute atomic E-state index is 0.0430. The Morgan fingerprint density at radius 2 is 2.19 bits per heavy atom. The predicted molar refractivity (Wildman–Crippen MR) is 59.4 cm³/mol. The van der Waals surface area contributed by atoms with E-state index in [4.69, 9.17) is 16.0 Å². The fraction of sp³-hybridized carbons (Fsp3) is 0.400. The lowest BCUT2D eigenvalue weighted by Crippen LogP contribution is -2.30. The van der Waals surface area contributed by atoms with Crippen LogP contribution in [0.4, 0.5) is 0 Å². The van der Waals surface area contributed by atoms with Crippen molar-refractivity contribution in [2.24, 2.45) is 0 Å². The van der Waals surface area contributed by atoms with Gasteiger partial charge in [-0.2, -0.15) is 0 Å². The molecule has 0 aromatic carbocycles. The Hall–Kier alpha value is -1.49. The molecule has 5 nitrogen and oxygen atoms in total. The van der Waals surface area contributed by atoms with E-state index in [1.54, 1.807) is 14.1 Å². The molecule has 0 aliphatic carbocycles. The molecule has 0 radical (unpaired) electrons. The molecule has 0 spiro atoms.